The summed E-state index contributed by atoms with van der Waals surface area (Å²) in [5.41, 5.74) is 1.78. The van der Waals surface area contributed by atoms with E-state index in [2.05, 4.69) is 0 Å². The lowest BCUT2D eigenvalue weighted by atomic mass is 10.2. The van der Waals surface area contributed by atoms with Crippen molar-refractivity contribution in [2.75, 3.05) is 26.1 Å². The molecule has 2 aromatic carbocycles. The maximum atomic E-state index is 12.3. The van der Waals surface area contributed by atoms with Gasteiger partial charge in [-0.15, -0.1) is 0 Å². The second-order valence-corrected chi connectivity index (χ2v) is 4.81. The second-order valence-electron chi connectivity index (χ2n) is 4.81. The Labute approximate surface area is 129 Å². The summed E-state index contributed by atoms with van der Waals surface area (Å²) in [5, 5.41) is 8.87. The lowest BCUT2D eigenvalue weighted by Gasteiger charge is -2.13. The Hall–Kier alpha value is -3.00. The summed E-state index contributed by atoms with van der Waals surface area (Å²) in [4.78, 5) is 14.2. The van der Waals surface area contributed by atoms with Crippen LogP contribution in [-0.4, -0.2) is 27.2 Å². The summed E-state index contributed by atoms with van der Waals surface area (Å²) >= 11 is 0. The van der Waals surface area contributed by atoms with Crippen LogP contribution in [0.1, 0.15) is 15.9 Å². The third-order valence-corrected chi connectivity index (χ3v) is 3.09. The molecule has 0 aromatic heterocycles. The van der Waals surface area contributed by atoms with Crippen LogP contribution < -0.4 is 14.4 Å². The number of esters is 1. The topological polar surface area (TPSA) is 62.6 Å². The largest absolute Gasteiger partial charge is 0.493 e. The third kappa shape index (κ3) is 3.36. The van der Waals surface area contributed by atoms with Gasteiger partial charge in [-0.1, -0.05) is 6.07 Å². The quantitative estimate of drug-likeness (QED) is 0.641. The van der Waals surface area contributed by atoms with E-state index in [9.17, 15) is 4.79 Å². The molecule has 22 heavy (non-hydrogen) atoms. The Morgan fingerprint density at radius 1 is 1.14 bits per heavy atom. The van der Waals surface area contributed by atoms with Gasteiger partial charge in [0.1, 0.15) is 0 Å². The van der Waals surface area contributed by atoms with Gasteiger partial charge < -0.3 is 14.4 Å². The third-order valence-electron chi connectivity index (χ3n) is 3.09. The van der Waals surface area contributed by atoms with Crippen LogP contribution in [0.3, 0.4) is 0 Å². The molecule has 0 amide bonds. The Kier molecular flexibility index (Phi) is 4.64. The van der Waals surface area contributed by atoms with E-state index in [1.54, 1.807) is 30.3 Å². The van der Waals surface area contributed by atoms with Gasteiger partial charge in [-0.2, -0.15) is 5.26 Å². The van der Waals surface area contributed by atoms with Gasteiger partial charge >= 0.3 is 5.97 Å². The molecule has 0 saturated heterocycles. The average Bonchev–Trinajstić information content (AvgIpc) is 2.55. The number of nitrogens with zero attached hydrogens (tertiary/aromatic N) is 2. The molecule has 0 spiro atoms. The summed E-state index contributed by atoms with van der Waals surface area (Å²) in [5.74, 6) is 0.143. The number of benzene rings is 2. The van der Waals surface area contributed by atoms with E-state index in [0.29, 0.717) is 16.9 Å². The first-order valence-corrected chi connectivity index (χ1v) is 6.63. The molecule has 0 aliphatic heterocycles. The van der Waals surface area contributed by atoms with Crippen LogP contribution >= 0.6 is 0 Å². The zero-order valence-corrected chi connectivity index (χ0v) is 12.7. The van der Waals surface area contributed by atoms with Crippen LogP contribution in [0.4, 0.5) is 5.69 Å². The van der Waals surface area contributed by atoms with E-state index < -0.39 is 5.97 Å². The highest BCUT2D eigenvalue weighted by molar-refractivity contribution is 5.92. The van der Waals surface area contributed by atoms with Crippen molar-refractivity contribution in [3.05, 3.63) is 53.6 Å². The monoisotopic (exact) mass is 296 g/mol. The maximum absolute atomic E-state index is 12.3. The van der Waals surface area contributed by atoms with E-state index in [1.807, 2.05) is 31.1 Å². The smallest absolute Gasteiger partial charge is 0.343 e. The lowest BCUT2D eigenvalue weighted by molar-refractivity contribution is 0.0730. The first-order chi connectivity index (χ1) is 10.5. The predicted molar refractivity (Wildman–Crippen MR) is 83.4 cm³/mol. The first-order valence-electron chi connectivity index (χ1n) is 6.63. The number of rotatable bonds is 4. The van der Waals surface area contributed by atoms with Gasteiger partial charge in [0.15, 0.2) is 11.5 Å². The highest BCUT2D eigenvalue weighted by Gasteiger charge is 2.13. The number of hydrogen-bond acceptors (Lipinski definition) is 5. The van der Waals surface area contributed by atoms with Crippen LogP contribution in [0, 0.1) is 11.3 Å². The predicted octanol–water partition coefficient (Wildman–Crippen LogP) is 2.85. The fourth-order valence-electron chi connectivity index (χ4n) is 1.89. The molecule has 0 aliphatic carbocycles. The second kappa shape index (κ2) is 6.64. The molecular formula is C17H16N2O3. The van der Waals surface area contributed by atoms with Gasteiger partial charge in [0.2, 0.25) is 0 Å². The molecule has 0 atom stereocenters. The van der Waals surface area contributed by atoms with Gasteiger partial charge in [-0.25, -0.2) is 4.79 Å². The minimum atomic E-state index is -0.480. The first kappa shape index (κ1) is 15.4. The molecule has 0 fully saturated rings. The van der Waals surface area contributed by atoms with E-state index in [0.717, 1.165) is 5.69 Å². The Morgan fingerprint density at radius 2 is 1.91 bits per heavy atom. The Balaban J connectivity index is 2.26. The summed E-state index contributed by atoms with van der Waals surface area (Å²) in [6.07, 6.45) is 0. The van der Waals surface area contributed by atoms with Crippen molar-refractivity contribution >= 4 is 11.7 Å². The molecule has 112 valence electrons. The molecule has 2 aromatic rings. The minimum Gasteiger partial charge on any atom is -0.493 e. The highest BCUT2D eigenvalue weighted by Crippen LogP contribution is 2.28. The van der Waals surface area contributed by atoms with Crippen molar-refractivity contribution in [2.24, 2.45) is 0 Å². The number of hydrogen-bond donors (Lipinski definition) is 0. The van der Waals surface area contributed by atoms with Gasteiger partial charge in [-0.3, -0.25) is 0 Å². The number of anilines is 1. The number of carbonyl (C=O) groups is 1. The molecule has 0 aliphatic rings. The SMILES string of the molecule is COc1cc(C#N)ccc1OC(=O)c1cccc(N(C)C)c1. The normalized spacial score (nSPS) is 9.73. The molecule has 0 heterocycles. The summed E-state index contributed by atoms with van der Waals surface area (Å²) in [6, 6.07) is 13.8. The van der Waals surface area contributed by atoms with Crippen LogP contribution in [0.25, 0.3) is 0 Å². The van der Waals surface area contributed by atoms with Gasteiger partial charge in [-0.05, 0) is 30.3 Å². The van der Waals surface area contributed by atoms with Crippen LogP contribution in [0.15, 0.2) is 42.5 Å². The fraction of sp³-hybridized carbons (Fsp3) is 0.176. The van der Waals surface area contributed by atoms with Crippen LogP contribution in [0.2, 0.25) is 0 Å². The van der Waals surface area contributed by atoms with Crippen molar-refractivity contribution in [2.45, 2.75) is 0 Å². The molecule has 0 saturated carbocycles. The molecule has 0 N–H and O–H groups in total. The van der Waals surface area contributed by atoms with Crippen molar-refractivity contribution in [1.82, 2.24) is 0 Å². The summed E-state index contributed by atoms with van der Waals surface area (Å²) < 4.78 is 10.5. The van der Waals surface area contributed by atoms with Crippen molar-refractivity contribution in [1.29, 1.82) is 5.26 Å². The lowest BCUT2D eigenvalue weighted by Crippen LogP contribution is -2.12. The molecule has 0 radical (unpaired) electrons. The zero-order chi connectivity index (χ0) is 16.1. The number of nitriles is 1. The molecule has 0 bridgehead atoms. The van der Waals surface area contributed by atoms with Crippen molar-refractivity contribution < 1.29 is 14.3 Å². The van der Waals surface area contributed by atoms with Crippen molar-refractivity contribution in [3.8, 4) is 17.6 Å². The van der Waals surface area contributed by atoms with Gasteiger partial charge in [0, 0.05) is 25.8 Å². The number of carbonyl (C=O) groups excluding carboxylic acids is 1. The standard InChI is InChI=1S/C17H16N2O3/c1-19(2)14-6-4-5-13(10-14)17(20)22-15-8-7-12(11-18)9-16(15)21-3/h4-10H,1-3H3. The summed E-state index contributed by atoms with van der Waals surface area (Å²) in [6.45, 7) is 0. The fourth-order valence-corrected chi connectivity index (χ4v) is 1.89. The van der Waals surface area contributed by atoms with Gasteiger partial charge in [0.25, 0.3) is 0 Å². The van der Waals surface area contributed by atoms with Crippen molar-refractivity contribution in [3.63, 3.8) is 0 Å². The van der Waals surface area contributed by atoms with Gasteiger partial charge in [0.05, 0.1) is 24.3 Å². The minimum absolute atomic E-state index is 0.279. The number of methoxy groups -OCH3 is 1. The van der Waals surface area contributed by atoms with E-state index in [4.69, 9.17) is 14.7 Å². The summed E-state index contributed by atoms with van der Waals surface area (Å²) in [7, 11) is 5.25. The average molecular weight is 296 g/mol. The van der Waals surface area contributed by atoms with Crippen LogP contribution in [0.5, 0.6) is 11.5 Å². The Morgan fingerprint density at radius 3 is 2.55 bits per heavy atom. The zero-order valence-electron chi connectivity index (χ0n) is 12.7. The highest BCUT2D eigenvalue weighted by atomic mass is 16.6. The van der Waals surface area contributed by atoms with Crippen LogP contribution in [-0.2, 0) is 0 Å². The van der Waals surface area contributed by atoms with E-state index >= 15 is 0 Å². The molecule has 0 unspecified atom stereocenters. The maximum Gasteiger partial charge on any atom is 0.343 e. The molecular weight excluding hydrogens is 280 g/mol. The van der Waals surface area contributed by atoms with E-state index in [-0.39, 0.29) is 5.75 Å². The number of ether oxygens (including phenoxy) is 2. The van der Waals surface area contributed by atoms with E-state index in [1.165, 1.54) is 13.2 Å². The Bertz CT molecular complexity index is 733. The molecule has 5 heteroatoms. The molecule has 2 rings (SSSR count). The molecule has 5 nitrogen and oxygen atoms in total.